The zero-order valence-corrected chi connectivity index (χ0v) is 32.6. The van der Waals surface area contributed by atoms with Crippen molar-refractivity contribution in [3.8, 4) is 5.75 Å². The minimum Gasteiger partial charge on any atom is -0.494 e. The number of nitrogen functional groups attached to an aromatic ring is 2. The molecule has 5 aromatic rings. The van der Waals surface area contributed by atoms with E-state index in [1.165, 1.54) is 31.4 Å². The third-order valence-electron chi connectivity index (χ3n) is 7.73. The Morgan fingerprint density at radius 3 is 1.86 bits per heavy atom. The van der Waals surface area contributed by atoms with Gasteiger partial charge in [-0.2, -0.15) is 30.4 Å². The highest BCUT2D eigenvalue weighted by atomic mass is 32.3. The van der Waals surface area contributed by atoms with Gasteiger partial charge in [-0.25, -0.2) is 12.6 Å². The molecule has 0 aliphatic carbocycles. The molecule has 0 bridgehead atoms. The Balaban J connectivity index is 1.60. The van der Waals surface area contributed by atoms with E-state index in [2.05, 4.69) is 34.9 Å². The number of methoxy groups -OCH3 is 1. The Morgan fingerprint density at radius 2 is 1.25 bits per heavy atom. The number of aryl methyl sites for hydroxylation is 1. The molecule has 0 fully saturated rings. The quantitative estimate of drug-likeness (QED) is 0.0443. The molecule has 0 saturated carbocycles. The Bertz CT molecular complexity index is 2960. The van der Waals surface area contributed by atoms with E-state index in [4.69, 9.17) is 20.8 Å². The summed E-state index contributed by atoms with van der Waals surface area (Å²) < 4.78 is 134. The monoisotopic (exact) mass is 862 g/mol. The van der Waals surface area contributed by atoms with Crippen molar-refractivity contribution in [2.45, 2.75) is 21.6 Å². The van der Waals surface area contributed by atoms with Crippen LogP contribution in [0.15, 0.2) is 124 Å². The molecule has 0 atom stereocenters. The van der Waals surface area contributed by atoms with E-state index in [-0.39, 0.29) is 55.5 Å². The first-order valence-corrected chi connectivity index (χ1v) is 21.6. The summed E-state index contributed by atoms with van der Waals surface area (Å²) in [7, 11) is -17.5. The zero-order chi connectivity index (χ0) is 41.9. The molecule has 0 aliphatic rings. The molecule has 0 spiro atoms. The fourth-order valence-corrected chi connectivity index (χ4v) is 7.67. The van der Waals surface area contributed by atoms with Crippen LogP contribution in [0.1, 0.15) is 5.56 Å². The maximum Gasteiger partial charge on any atom is 0.397 e. The van der Waals surface area contributed by atoms with Crippen LogP contribution < -0.4 is 16.2 Å². The van der Waals surface area contributed by atoms with E-state index in [0.29, 0.717) is 5.69 Å². The van der Waals surface area contributed by atoms with Crippen LogP contribution in [0.5, 0.6) is 5.75 Å². The smallest absolute Gasteiger partial charge is 0.397 e. The van der Waals surface area contributed by atoms with Crippen LogP contribution in [0.4, 0.5) is 45.5 Å². The van der Waals surface area contributed by atoms with Crippen molar-refractivity contribution in [1.29, 1.82) is 0 Å². The predicted octanol–water partition coefficient (Wildman–Crippen LogP) is 6.65. The first kappa shape index (κ1) is 42.3. The normalized spacial score (nSPS) is 13.0. The summed E-state index contributed by atoms with van der Waals surface area (Å²) in [4.78, 5) is -1.69. The molecule has 7 N–H and O–H groups in total. The number of anilines is 2. The zero-order valence-electron chi connectivity index (χ0n) is 29.3. The third-order valence-corrected chi connectivity index (χ3v) is 11.6. The van der Waals surface area contributed by atoms with E-state index in [1.807, 2.05) is 13.0 Å². The maximum absolute atomic E-state index is 12.8. The number of nitrogens with zero attached hydrogens (tertiary/aromatic N) is 6. The van der Waals surface area contributed by atoms with Crippen molar-refractivity contribution in [1.82, 2.24) is 0 Å². The van der Waals surface area contributed by atoms with Gasteiger partial charge in [-0.05, 0) is 73.2 Å². The second-order valence-corrected chi connectivity index (χ2v) is 17.7. The second kappa shape index (κ2) is 16.4. The Kier molecular flexibility index (Phi) is 12.1. The van der Waals surface area contributed by atoms with Gasteiger partial charge < -0.3 is 16.2 Å². The van der Waals surface area contributed by atoms with E-state index in [1.54, 1.807) is 18.2 Å². The summed E-state index contributed by atoms with van der Waals surface area (Å²) in [5, 5.41) is 24.7. The molecular formula is C32H30N8O13S4. The van der Waals surface area contributed by atoms with Gasteiger partial charge in [0.25, 0.3) is 20.2 Å². The molecule has 0 aliphatic heterocycles. The van der Waals surface area contributed by atoms with Crippen molar-refractivity contribution in [2.24, 2.45) is 30.7 Å². The van der Waals surface area contributed by atoms with Gasteiger partial charge in [-0.3, -0.25) is 13.7 Å². The lowest BCUT2D eigenvalue weighted by molar-refractivity contribution is 0.284. The summed E-state index contributed by atoms with van der Waals surface area (Å²) >= 11 is 0. The minimum atomic E-state index is -4.95. The summed E-state index contributed by atoms with van der Waals surface area (Å²) in [6.45, 7) is 0.926. The van der Waals surface area contributed by atoms with Gasteiger partial charge in [-0.15, -0.1) is 25.6 Å². The number of nitrogens with two attached hydrogens (primary N) is 2. The fraction of sp³-hybridized carbons (Fsp3) is 0.125. The van der Waals surface area contributed by atoms with Crippen LogP contribution in [-0.2, 0) is 44.7 Å². The van der Waals surface area contributed by atoms with Gasteiger partial charge in [0.1, 0.15) is 27.7 Å². The van der Waals surface area contributed by atoms with E-state index in [9.17, 15) is 42.8 Å². The lowest BCUT2D eigenvalue weighted by Crippen LogP contribution is -2.15. The molecule has 21 nitrogen and oxygen atoms in total. The Hall–Kier alpha value is -5.80. The average molecular weight is 863 g/mol. The lowest BCUT2D eigenvalue weighted by Gasteiger charge is -2.11. The number of fused-ring (bicyclic) bond motifs is 1. The molecule has 5 rings (SSSR count). The highest BCUT2D eigenvalue weighted by Gasteiger charge is 2.23. The third kappa shape index (κ3) is 10.3. The number of azo groups is 3. The van der Waals surface area contributed by atoms with Crippen LogP contribution >= 0.6 is 0 Å². The van der Waals surface area contributed by atoms with E-state index in [0.717, 1.165) is 35.9 Å². The molecule has 25 heteroatoms. The first-order chi connectivity index (χ1) is 26.6. The molecule has 0 aromatic heterocycles. The van der Waals surface area contributed by atoms with Crippen LogP contribution in [-0.4, -0.2) is 66.8 Å². The number of benzene rings is 5. The number of sulfone groups is 1. The SMILES string of the molecule is COc1ccc(S(=O)(=O)CCOS(=O)(=O)O)cc1N=Nc1ccc(N=Nc2cc(S(=O)(=O)O)c(N)c(N=Nc3cccc(C)c3)c2N)c2ccc(S(=O)(=O)O)cc12. The molecule has 0 heterocycles. The van der Waals surface area contributed by atoms with Crippen molar-refractivity contribution in [2.75, 3.05) is 30.9 Å². The lowest BCUT2D eigenvalue weighted by atomic mass is 10.1. The first-order valence-electron chi connectivity index (χ1n) is 15.7. The highest BCUT2D eigenvalue weighted by Crippen LogP contribution is 2.44. The molecule has 5 aromatic carbocycles. The Morgan fingerprint density at radius 1 is 0.614 bits per heavy atom. The molecular weight excluding hydrogens is 833 g/mol. The summed E-state index contributed by atoms with van der Waals surface area (Å²) in [5.74, 6) is -0.796. The number of ether oxygens (including phenoxy) is 1. The van der Waals surface area contributed by atoms with Crippen LogP contribution in [0.2, 0.25) is 0 Å². The molecule has 0 unspecified atom stereocenters. The molecule has 0 radical (unpaired) electrons. The van der Waals surface area contributed by atoms with Gasteiger partial charge in [0.15, 0.2) is 9.84 Å². The van der Waals surface area contributed by atoms with E-state index < -0.39 is 68.3 Å². The minimum absolute atomic E-state index is 0.0203. The average Bonchev–Trinajstić information content (AvgIpc) is 3.12. The summed E-state index contributed by atoms with van der Waals surface area (Å²) in [6.07, 6.45) is 0. The van der Waals surface area contributed by atoms with E-state index >= 15 is 0 Å². The highest BCUT2D eigenvalue weighted by molar-refractivity contribution is 7.91. The van der Waals surface area contributed by atoms with Gasteiger partial charge in [0, 0.05) is 10.8 Å². The molecule has 0 amide bonds. The maximum atomic E-state index is 12.8. The topological polar surface area (TPSA) is 342 Å². The Labute approximate surface area is 325 Å². The van der Waals surface area contributed by atoms with Crippen molar-refractivity contribution >= 4 is 96.7 Å². The van der Waals surface area contributed by atoms with Crippen molar-refractivity contribution in [3.05, 3.63) is 84.4 Å². The fourth-order valence-electron chi connectivity index (χ4n) is 5.02. The van der Waals surface area contributed by atoms with Crippen LogP contribution in [0, 0.1) is 6.92 Å². The number of rotatable bonds is 14. The van der Waals surface area contributed by atoms with Gasteiger partial charge in [-0.1, -0.05) is 18.2 Å². The summed E-state index contributed by atoms with van der Waals surface area (Å²) in [5.41, 5.74) is 11.9. The molecule has 0 saturated heterocycles. The van der Waals surface area contributed by atoms with Crippen LogP contribution in [0.3, 0.4) is 0 Å². The standard InChI is InChI=1S/C32H30N8O13S4/c1-18-4-3-5-19(14-18)35-40-32-30(33)27(17-29(31(32)34)56(46,47)48)39-36-24-9-10-25(23-15-21(55(43,44)45)6-8-22(23)24)37-38-26-16-20(7-11-28(26)52-2)54(41,42)13-12-53-57(49,50)51/h3-11,14-17H,12-13,33-34H2,1-2H3,(H,43,44,45)(H,46,47,48)(H,49,50,51). The van der Waals surface area contributed by atoms with Gasteiger partial charge in [0.2, 0.25) is 0 Å². The van der Waals surface area contributed by atoms with Crippen molar-refractivity contribution in [3.63, 3.8) is 0 Å². The van der Waals surface area contributed by atoms with Gasteiger partial charge >= 0.3 is 10.4 Å². The number of hydrogen-bond donors (Lipinski definition) is 5. The number of hydrogen-bond acceptors (Lipinski definition) is 18. The largest absolute Gasteiger partial charge is 0.494 e. The van der Waals surface area contributed by atoms with Crippen LogP contribution in [0.25, 0.3) is 10.8 Å². The van der Waals surface area contributed by atoms with Crippen molar-refractivity contribution < 1.29 is 56.2 Å². The molecule has 57 heavy (non-hydrogen) atoms. The summed E-state index contributed by atoms with van der Waals surface area (Å²) in [6, 6.07) is 17.2. The second-order valence-electron chi connectivity index (χ2n) is 11.7. The molecule has 300 valence electrons. The van der Waals surface area contributed by atoms with Gasteiger partial charge in [0.05, 0.1) is 57.7 Å². The predicted molar refractivity (Wildman–Crippen MR) is 205 cm³/mol.